The monoisotopic (exact) mass is 393 g/mol. The van der Waals surface area contributed by atoms with Crippen molar-refractivity contribution in [2.45, 2.75) is 29.0 Å². The summed E-state index contributed by atoms with van der Waals surface area (Å²) in [6, 6.07) is 18.8. The van der Waals surface area contributed by atoms with Crippen molar-refractivity contribution >= 4 is 33.6 Å². The molecule has 0 bridgehead atoms. The van der Waals surface area contributed by atoms with Crippen LogP contribution < -0.4 is 5.73 Å². The first-order valence-corrected chi connectivity index (χ1v) is 10.1. The molecule has 0 amide bonds. The maximum Gasteiger partial charge on any atom is 0.215 e. The normalized spacial score (nSPS) is 11.1. The van der Waals surface area contributed by atoms with Gasteiger partial charge in [-0.15, -0.1) is 23.7 Å². The Labute approximate surface area is 158 Å². The summed E-state index contributed by atoms with van der Waals surface area (Å²) in [6.07, 6.45) is 0.779. The molecule has 0 aliphatic carbocycles. The van der Waals surface area contributed by atoms with Crippen LogP contribution in [0.5, 0.6) is 0 Å². The van der Waals surface area contributed by atoms with Crippen molar-refractivity contribution in [1.82, 2.24) is 0 Å². The fraction of sp³-hybridized carbons (Fsp3) is 0.158. The van der Waals surface area contributed by atoms with Gasteiger partial charge in [-0.25, -0.2) is 8.42 Å². The van der Waals surface area contributed by atoms with Gasteiger partial charge in [0, 0.05) is 11.4 Å². The number of rotatable bonds is 5. The average molecular weight is 394 g/mol. The molecule has 132 valence electrons. The molecule has 25 heavy (non-hydrogen) atoms. The molecule has 0 fully saturated rings. The highest BCUT2D eigenvalue weighted by molar-refractivity contribution is 7.93. The molecule has 0 aliphatic rings. The molecule has 3 nitrogen and oxygen atoms in total. The van der Waals surface area contributed by atoms with Crippen LogP contribution in [0.1, 0.15) is 17.4 Å². The van der Waals surface area contributed by atoms with E-state index in [0.717, 1.165) is 28.0 Å². The van der Waals surface area contributed by atoms with E-state index in [0.29, 0.717) is 15.6 Å². The summed E-state index contributed by atoms with van der Waals surface area (Å²) in [4.78, 5) is 1.20. The van der Waals surface area contributed by atoms with E-state index in [-0.39, 0.29) is 12.4 Å². The van der Waals surface area contributed by atoms with Gasteiger partial charge in [-0.3, -0.25) is 0 Å². The lowest BCUT2D eigenvalue weighted by atomic mass is 10.0. The quantitative estimate of drug-likeness (QED) is 0.683. The summed E-state index contributed by atoms with van der Waals surface area (Å²) in [5, 5.41) is 0. The molecule has 0 aliphatic heterocycles. The van der Waals surface area contributed by atoms with Crippen molar-refractivity contribution in [2.24, 2.45) is 5.73 Å². The van der Waals surface area contributed by atoms with Crippen LogP contribution in [0, 0.1) is 0 Å². The van der Waals surface area contributed by atoms with Gasteiger partial charge in [0.1, 0.15) is 4.21 Å². The summed E-state index contributed by atoms with van der Waals surface area (Å²) in [7, 11) is -3.53. The summed E-state index contributed by atoms with van der Waals surface area (Å²) < 4.78 is 26.3. The molecule has 2 aromatic carbocycles. The van der Waals surface area contributed by atoms with E-state index in [9.17, 15) is 8.42 Å². The lowest BCUT2D eigenvalue weighted by Crippen LogP contribution is -2.01. The van der Waals surface area contributed by atoms with Crippen LogP contribution in [-0.2, 0) is 22.8 Å². The van der Waals surface area contributed by atoms with E-state index in [1.165, 1.54) is 11.3 Å². The lowest BCUT2D eigenvalue weighted by molar-refractivity contribution is 0.598. The number of sulfone groups is 1. The van der Waals surface area contributed by atoms with Crippen LogP contribution in [0.15, 0.2) is 69.8 Å². The smallest absolute Gasteiger partial charge is 0.215 e. The van der Waals surface area contributed by atoms with Gasteiger partial charge in [-0.2, -0.15) is 0 Å². The van der Waals surface area contributed by atoms with Crippen LogP contribution in [-0.4, -0.2) is 8.42 Å². The van der Waals surface area contributed by atoms with Crippen molar-refractivity contribution in [3.05, 3.63) is 71.1 Å². The van der Waals surface area contributed by atoms with Crippen LogP contribution in [0.4, 0.5) is 0 Å². The molecule has 3 aromatic rings. The Kier molecular flexibility index (Phi) is 6.41. The summed E-state index contributed by atoms with van der Waals surface area (Å²) in [6.45, 7) is 2.38. The maximum absolute atomic E-state index is 13.0. The predicted molar refractivity (Wildman–Crippen MR) is 106 cm³/mol. The number of nitrogens with two attached hydrogens (primary N) is 1. The lowest BCUT2D eigenvalue weighted by Gasteiger charge is -2.09. The molecular formula is C19H20ClNO2S2. The van der Waals surface area contributed by atoms with E-state index in [4.69, 9.17) is 5.73 Å². The molecule has 0 saturated heterocycles. The minimum absolute atomic E-state index is 0. The minimum atomic E-state index is -3.53. The van der Waals surface area contributed by atoms with Gasteiger partial charge in [0.05, 0.1) is 4.90 Å². The molecule has 0 radical (unpaired) electrons. The Hall–Kier alpha value is -1.66. The molecule has 0 spiro atoms. The number of aryl methyl sites for hydroxylation is 1. The zero-order valence-electron chi connectivity index (χ0n) is 13.8. The van der Waals surface area contributed by atoms with Gasteiger partial charge in [0.25, 0.3) is 0 Å². The average Bonchev–Trinajstić information content (AvgIpc) is 3.12. The Morgan fingerprint density at radius 3 is 2.28 bits per heavy atom. The fourth-order valence-corrected chi connectivity index (χ4v) is 5.28. The molecular weight excluding hydrogens is 374 g/mol. The second-order valence-corrected chi connectivity index (χ2v) is 8.86. The second kappa shape index (κ2) is 8.15. The molecule has 2 N–H and O–H groups in total. The molecule has 1 heterocycles. The number of hydrogen-bond donors (Lipinski definition) is 1. The van der Waals surface area contributed by atoms with Crippen LogP contribution in [0.2, 0.25) is 0 Å². The fourth-order valence-electron chi connectivity index (χ4n) is 2.55. The van der Waals surface area contributed by atoms with Crippen molar-refractivity contribution < 1.29 is 8.42 Å². The van der Waals surface area contributed by atoms with Gasteiger partial charge in [-0.1, -0.05) is 43.3 Å². The maximum atomic E-state index is 13.0. The van der Waals surface area contributed by atoms with Crippen LogP contribution in [0.3, 0.4) is 0 Å². The van der Waals surface area contributed by atoms with Gasteiger partial charge >= 0.3 is 0 Å². The third-order valence-corrected chi connectivity index (χ3v) is 7.23. The van der Waals surface area contributed by atoms with Gasteiger partial charge in [0.2, 0.25) is 9.84 Å². The first-order chi connectivity index (χ1) is 11.5. The van der Waals surface area contributed by atoms with Gasteiger partial charge in [0.15, 0.2) is 0 Å². The predicted octanol–water partition coefficient (Wildman–Crippen LogP) is 4.69. The van der Waals surface area contributed by atoms with Crippen molar-refractivity contribution in [2.75, 3.05) is 0 Å². The summed E-state index contributed by atoms with van der Waals surface area (Å²) in [5.41, 5.74) is 8.54. The Bertz CT molecular complexity index is 951. The SMILES string of the molecule is CCc1cc(-c2ccccc2)cc(S(=O)(=O)c2ccc(CN)s2)c1.Cl. The Morgan fingerprint density at radius 2 is 1.68 bits per heavy atom. The van der Waals surface area contributed by atoms with Crippen molar-refractivity contribution in [1.29, 1.82) is 0 Å². The van der Waals surface area contributed by atoms with Gasteiger partial charge in [-0.05, 0) is 47.4 Å². The zero-order chi connectivity index (χ0) is 17.2. The van der Waals surface area contributed by atoms with E-state index in [1.54, 1.807) is 24.3 Å². The van der Waals surface area contributed by atoms with E-state index in [2.05, 4.69) is 0 Å². The zero-order valence-corrected chi connectivity index (χ0v) is 16.3. The van der Waals surface area contributed by atoms with E-state index < -0.39 is 9.84 Å². The standard InChI is InChI=1S/C19H19NO2S2.ClH/c1-2-14-10-16(15-6-4-3-5-7-15)12-18(11-14)24(21,22)19-9-8-17(13-20)23-19;/h3-12H,2,13,20H2,1H3;1H. The minimum Gasteiger partial charge on any atom is -0.326 e. The third-order valence-electron chi connectivity index (χ3n) is 3.90. The summed E-state index contributed by atoms with van der Waals surface area (Å²) >= 11 is 1.24. The van der Waals surface area contributed by atoms with Gasteiger partial charge < -0.3 is 5.73 Å². The molecule has 0 unspecified atom stereocenters. The Morgan fingerprint density at radius 1 is 0.960 bits per heavy atom. The first-order valence-electron chi connectivity index (χ1n) is 7.78. The number of thiophene rings is 1. The highest BCUT2D eigenvalue weighted by Crippen LogP contribution is 2.31. The highest BCUT2D eigenvalue weighted by Gasteiger charge is 2.21. The van der Waals surface area contributed by atoms with E-state index in [1.807, 2.05) is 43.3 Å². The topological polar surface area (TPSA) is 60.2 Å². The van der Waals surface area contributed by atoms with Crippen molar-refractivity contribution in [3.63, 3.8) is 0 Å². The van der Waals surface area contributed by atoms with Crippen LogP contribution >= 0.6 is 23.7 Å². The van der Waals surface area contributed by atoms with Crippen molar-refractivity contribution in [3.8, 4) is 11.1 Å². The number of halogens is 1. The molecule has 1 aromatic heterocycles. The second-order valence-electron chi connectivity index (χ2n) is 5.51. The first kappa shape index (κ1) is 19.7. The molecule has 3 rings (SSSR count). The largest absolute Gasteiger partial charge is 0.326 e. The third kappa shape index (κ3) is 4.12. The molecule has 0 atom stereocenters. The summed E-state index contributed by atoms with van der Waals surface area (Å²) in [5.74, 6) is 0. The Balaban J connectivity index is 0.00000225. The number of benzene rings is 2. The van der Waals surface area contributed by atoms with E-state index >= 15 is 0 Å². The molecule has 6 heteroatoms. The molecule has 0 saturated carbocycles. The number of hydrogen-bond acceptors (Lipinski definition) is 4. The van der Waals surface area contributed by atoms with Crippen LogP contribution in [0.25, 0.3) is 11.1 Å². The highest BCUT2D eigenvalue weighted by atomic mass is 35.5.